The lowest BCUT2D eigenvalue weighted by atomic mass is 10.1. The third kappa shape index (κ3) is 4.35. The van der Waals surface area contributed by atoms with Crippen LogP contribution in [0.5, 0.6) is 11.5 Å². The second kappa shape index (κ2) is 6.34. The number of hydrogen-bond donors (Lipinski definition) is 1. The fraction of sp³-hybridized carbons (Fsp3) is 0.500. The summed E-state index contributed by atoms with van der Waals surface area (Å²) < 4.78 is 33.1. The van der Waals surface area contributed by atoms with Gasteiger partial charge in [-0.1, -0.05) is 6.07 Å². The lowest BCUT2D eigenvalue weighted by molar-refractivity contribution is -0.137. The Hall–Kier alpha value is -1.76. The molecule has 1 fully saturated rings. The minimum absolute atomic E-state index is 0.0272. The monoisotopic (exact) mass is 314 g/mol. The predicted octanol–water partition coefficient (Wildman–Crippen LogP) is 1.28. The number of rotatable bonds is 7. The van der Waals surface area contributed by atoms with Gasteiger partial charge >= 0.3 is 5.97 Å². The molecule has 0 saturated carbocycles. The zero-order valence-corrected chi connectivity index (χ0v) is 12.6. The highest BCUT2D eigenvalue weighted by atomic mass is 32.2. The largest absolute Gasteiger partial charge is 0.493 e. The molecule has 0 aliphatic carbocycles. The number of carboxylic acid groups (broad SMARTS) is 1. The summed E-state index contributed by atoms with van der Waals surface area (Å²) in [7, 11) is -1.42. The maximum absolute atomic E-state index is 11.1. The zero-order valence-electron chi connectivity index (χ0n) is 11.7. The van der Waals surface area contributed by atoms with Crippen molar-refractivity contribution in [1.82, 2.24) is 0 Å². The van der Waals surface area contributed by atoms with Gasteiger partial charge in [-0.3, -0.25) is 4.79 Å². The number of ether oxygens (including phenoxy) is 2. The van der Waals surface area contributed by atoms with Crippen molar-refractivity contribution in [2.75, 3.05) is 18.6 Å². The number of carbonyl (C=O) groups is 1. The standard InChI is InChI=1S/C14H18O6S/c1-19-12-6-5-10(3-2-4-14(15)16)7-13(12)20-11-8-21(17,18)9-11/h5-7,11H,2-4,8-9H2,1H3,(H,15,16). The van der Waals surface area contributed by atoms with Gasteiger partial charge in [0.15, 0.2) is 21.3 Å². The Bertz CT molecular complexity index is 610. The van der Waals surface area contributed by atoms with Crippen LogP contribution in [0.1, 0.15) is 18.4 Å². The molecule has 0 atom stereocenters. The van der Waals surface area contributed by atoms with Crippen LogP contribution in [0, 0.1) is 0 Å². The molecule has 0 aromatic heterocycles. The topological polar surface area (TPSA) is 89.9 Å². The van der Waals surface area contributed by atoms with Crippen molar-refractivity contribution in [1.29, 1.82) is 0 Å². The molecule has 2 rings (SSSR count). The Morgan fingerprint density at radius 2 is 2.05 bits per heavy atom. The number of aryl methyl sites for hydroxylation is 1. The predicted molar refractivity (Wildman–Crippen MR) is 76.6 cm³/mol. The Morgan fingerprint density at radius 1 is 1.33 bits per heavy atom. The SMILES string of the molecule is COc1ccc(CCCC(=O)O)cc1OC1CS(=O)(=O)C1. The molecular formula is C14H18O6S. The molecule has 1 heterocycles. The zero-order chi connectivity index (χ0) is 15.5. The summed E-state index contributed by atoms with van der Waals surface area (Å²) in [5.41, 5.74) is 0.939. The van der Waals surface area contributed by atoms with Gasteiger partial charge < -0.3 is 14.6 Å². The highest BCUT2D eigenvalue weighted by molar-refractivity contribution is 7.92. The summed E-state index contributed by atoms with van der Waals surface area (Å²) in [4.78, 5) is 10.5. The van der Waals surface area contributed by atoms with Gasteiger partial charge in [0.1, 0.15) is 6.10 Å². The number of aliphatic carboxylic acids is 1. The van der Waals surface area contributed by atoms with Gasteiger partial charge in [0.2, 0.25) is 0 Å². The van der Waals surface area contributed by atoms with Crippen molar-refractivity contribution in [2.45, 2.75) is 25.4 Å². The first-order valence-electron chi connectivity index (χ1n) is 6.65. The maximum atomic E-state index is 11.1. The van der Waals surface area contributed by atoms with E-state index in [-0.39, 0.29) is 24.0 Å². The summed E-state index contributed by atoms with van der Waals surface area (Å²) in [5, 5.41) is 8.63. The minimum atomic E-state index is -2.94. The van der Waals surface area contributed by atoms with Crippen molar-refractivity contribution in [3.05, 3.63) is 23.8 Å². The summed E-state index contributed by atoms with van der Waals surface area (Å²) in [6, 6.07) is 5.38. The molecule has 0 spiro atoms. The first kappa shape index (κ1) is 15.6. The molecule has 1 aromatic carbocycles. The van der Waals surface area contributed by atoms with E-state index in [0.29, 0.717) is 24.3 Å². The molecule has 1 saturated heterocycles. The molecule has 1 aliphatic heterocycles. The van der Waals surface area contributed by atoms with Gasteiger partial charge in [0.05, 0.1) is 18.6 Å². The Morgan fingerprint density at radius 3 is 2.62 bits per heavy atom. The maximum Gasteiger partial charge on any atom is 0.303 e. The van der Waals surface area contributed by atoms with Crippen molar-refractivity contribution in [2.24, 2.45) is 0 Å². The average molecular weight is 314 g/mol. The van der Waals surface area contributed by atoms with Gasteiger partial charge in [0.25, 0.3) is 0 Å². The molecule has 1 N–H and O–H groups in total. The van der Waals surface area contributed by atoms with Crippen LogP contribution < -0.4 is 9.47 Å². The van der Waals surface area contributed by atoms with E-state index in [1.165, 1.54) is 7.11 Å². The van der Waals surface area contributed by atoms with Crippen LogP contribution in [0.15, 0.2) is 18.2 Å². The smallest absolute Gasteiger partial charge is 0.303 e. The first-order valence-corrected chi connectivity index (χ1v) is 8.47. The van der Waals surface area contributed by atoms with E-state index in [9.17, 15) is 13.2 Å². The Balaban J connectivity index is 2.02. The Labute approximate surface area is 123 Å². The van der Waals surface area contributed by atoms with Crippen LogP contribution >= 0.6 is 0 Å². The number of methoxy groups -OCH3 is 1. The molecule has 0 radical (unpaired) electrons. The van der Waals surface area contributed by atoms with Crippen molar-refractivity contribution >= 4 is 15.8 Å². The molecule has 6 nitrogen and oxygen atoms in total. The van der Waals surface area contributed by atoms with Crippen LogP contribution in [0.25, 0.3) is 0 Å². The number of sulfone groups is 1. The minimum Gasteiger partial charge on any atom is -0.493 e. The number of hydrogen-bond acceptors (Lipinski definition) is 5. The fourth-order valence-corrected chi connectivity index (χ4v) is 3.35. The van der Waals surface area contributed by atoms with E-state index in [2.05, 4.69) is 0 Å². The van der Waals surface area contributed by atoms with Gasteiger partial charge in [-0.15, -0.1) is 0 Å². The highest BCUT2D eigenvalue weighted by Crippen LogP contribution is 2.31. The van der Waals surface area contributed by atoms with Gasteiger partial charge in [0, 0.05) is 6.42 Å². The molecule has 7 heteroatoms. The van der Waals surface area contributed by atoms with Crippen molar-refractivity contribution in [3.63, 3.8) is 0 Å². The van der Waals surface area contributed by atoms with E-state index in [4.69, 9.17) is 14.6 Å². The molecule has 0 bridgehead atoms. The van der Waals surface area contributed by atoms with Crippen molar-refractivity contribution in [3.8, 4) is 11.5 Å². The molecular weight excluding hydrogens is 296 g/mol. The second-order valence-electron chi connectivity index (χ2n) is 5.05. The van der Waals surface area contributed by atoms with E-state index in [0.717, 1.165) is 5.56 Å². The first-order chi connectivity index (χ1) is 9.89. The third-order valence-electron chi connectivity index (χ3n) is 3.26. The molecule has 21 heavy (non-hydrogen) atoms. The molecule has 0 unspecified atom stereocenters. The van der Waals surface area contributed by atoms with E-state index in [1.54, 1.807) is 12.1 Å². The lowest BCUT2D eigenvalue weighted by Crippen LogP contribution is -2.45. The molecule has 1 aliphatic rings. The van der Waals surface area contributed by atoms with Crippen LogP contribution in [-0.2, 0) is 21.1 Å². The molecule has 116 valence electrons. The normalized spacial score (nSPS) is 17.0. The highest BCUT2D eigenvalue weighted by Gasteiger charge is 2.35. The summed E-state index contributed by atoms with van der Waals surface area (Å²) in [6.45, 7) is 0. The summed E-state index contributed by atoms with van der Waals surface area (Å²) >= 11 is 0. The molecule has 0 amide bonds. The van der Waals surface area contributed by atoms with Crippen LogP contribution in [0.2, 0.25) is 0 Å². The number of carboxylic acids is 1. The average Bonchev–Trinajstić information content (AvgIpc) is 2.36. The lowest BCUT2D eigenvalue weighted by Gasteiger charge is -2.27. The summed E-state index contributed by atoms with van der Waals surface area (Å²) in [6.07, 6.45) is 0.940. The summed E-state index contributed by atoms with van der Waals surface area (Å²) in [5.74, 6) is 0.282. The quantitative estimate of drug-likeness (QED) is 0.815. The van der Waals surface area contributed by atoms with Crippen LogP contribution in [-0.4, -0.2) is 44.2 Å². The fourth-order valence-electron chi connectivity index (χ4n) is 2.18. The van der Waals surface area contributed by atoms with E-state index >= 15 is 0 Å². The van der Waals surface area contributed by atoms with E-state index in [1.807, 2.05) is 6.07 Å². The van der Waals surface area contributed by atoms with Crippen LogP contribution in [0.3, 0.4) is 0 Å². The van der Waals surface area contributed by atoms with Gasteiger partial charge in [-0.05, 0) is 30.5 Å². The second-order valence-corrected chi connectivity index (χ2v) is 7.20. The molecule has 1 aromatic rings. The van der Waals surface area contributed by atoms with Gasteiger partial charge in [-0.25, -0.2) is 8.42 Å². The van der Waals surface area contributed by atoms with Gasteiger partial charge in [-0.2, -0.15) is 0 Å². The van der Waals surface area contributed by atoms with E-state index < -0.39 is 15.8 Å². The van der Waals surface area contributed by atoms with Crippen LogP contribution in [0.4, 0.5) is 0 Å². The van der Waals surface area contributed by atoms with Crippen molar-refractivity contribution < 1.29 is 27.8 Å². The Kier molecular flexibility index (Phi) is 4.72. The third-order valence-corrected chi connectivity index (χ3v) is 5.02. The number of benzene rings is 1.